The van der Waals surface area contributed by atoms with E-state index in [1.807, 2.05) is 28.5 Å². The van der Waals surface area contributed by atoms with Crippen molar-refractivity contribution in [3.05, 3.63) is 0 Å². The standard InChI is InChI=1S/C18H38N4S2/c1-3-5-6-7-8-9-10-11-12-13-14-20-22-16-18-24-23-17-15-21-19-4-2/h3-18H2,1-2H3. The molecule has 0 spiro atoms. The summed E-state index contributed by atoms with van der Waals surface area (Å²) < 4.78 is 0. The van der Waals surface area contributed by atoms with Gasteiger partial charge in [-0.25, -0.2) is 0 Å². The summed E-state index contributed by atoms with van der Waals surface area (Å²) in [7, 11) is 3.71. The third kappa shape index (κ3) is 21.9. The van der Waals surface area contributed by atoms with Crippen molar-refractivity contribution >= 4 is 21.6 Å². The van der Waals surface area contributed by atoms with Gasteiger partial charge in [-0.15, -0.1) is 0 Å². The summed E-state index contributed by atoms with van der Waals surface area (Å²) in [6.45, 7) is 7.64. The Labute approximate surface area is 157 Å². The van der Waals surface area contributed by atoms with Crippen LogP contribution in [0.4, 0.5) is 0 Å². The molecule has 0 aromatic rings. The minimum Gasteiger partial charge on any atom is -0.194 e. The van der Waals surface area contributed by atoms with Gasteiger partial charge in [0.1, 0.15) is 0 Å². The number of hydrogen-bond donors (Lipinski definition) is 0. The fraction of sp³-hybridized carbons (Fsp3) is 1.00. The Bertz CT molecular complexity index is 286. The van der Waals surface area contributed by atoms with Gasteiger partial charge in [0.2, 0.25) is 0 Å². The highest BCUT2D eigenvalue weighted by Crippen LogP contribution is 2.20. The number of nitrogens with zero attached hydrogens (tertiary/aromatic N) is 4. The lowest BCUT2D eigenvalue weighted by molar-refractivity contribution is 0.556. The van der Waals surface area contributed by atoms with Crippen molar-refractivity contribution in [2.75, 3.05) is 37.7 Å². The number of unbranched alkanes of at least 4 members (excludes halogenated alkanes) is 9. The Morgan fingerprint density at radius 1 is 0.500 bits per heavy atom. The highest BCUT2D eigenvalue weighted by atomic mass is 33.1. The second kappa shape index (κ2) is 22.9. The van der Waals surface area contributed by atoms with Gasteiger partial charge in [0, 0.05) is 11.5 Å². The summed E-state index contributed by atoms with van der Waals surface area (Å²) in [6, 6.07) is 0. The summed E-state index contributed by atoms with van der Waals surface area (Å²) in [4.78, 5) is 0. The molecule has 0 aliphatic heterocycles. The van der Waals surface area contributed by atoms with Gasteiger partial charge in [0.05, 0.1) is 26.2 Å². The fourth-order valence-corrected chi connectivity index (χ4v) is 3.96. The summed E-state index contributed by atoms with van der Waals surface area (Å²) in [6.07, 6.45) is 13.7. The zero-order valence-electron chi connectivity index (χ0n) is 15.9. The van der Waals surface area contributed by atoms with Gasteiger partial charge in [-0.3, -0.25) is 0 Å². The summed E-state index contributed by atoms with van der Waals surface area (Å²) in [5, 5.41) is 16.5. The molecule has 6 heteroatoms. The highest BCUT2D eigenvalue weighted by Gasteiger charge is 1.93. The van der Waals surface area contributed by atoms with E-state index in [2.05, 4.69) is 27.4 Å². The molecule has 0 aromatic heterocycles. The molecule has 0 atom stereocenters. The van der Waals surface area contributed by atoms with Crippen molar-refractivity contribution in [3.63, 3.8) is 0 Å². The molecule has 0 saturated heterocycles. The molecule has 0 aromatic carbocycles. The molecule has 0 N–H and O–H groups in total. The van der Waals surface area contributed by atoms with Crippen molar-refractivity contribution in [2.24, 2.45) is 20.5 Å². The summed E-state index contributed by atoms with van der Waals surface area (Å²) in [5.41, 5.74) is 0. The SMILES string of the molecule is CCCCCCCCCCCCN=NCCSSCCN=NCC. The first-order chi connectivity index (χ1) is 11.9. The van der Waals surface area contributed by atoms with Gasteiger partial charge in [0.15, 0.2) is 0 Å². The van der Waals surface area contributed by atoms with Crippen LogP contribution in [0.2, 0.25) is 0 Å². The van der Waals surface area contributed by atoms with E-state index in [0.29, 0.717) is 0 Å². The predicted molar refractivity (Wildman–Crippen MR) is 112 cm³/mol. The van der Waals surface area contributed by atoms with Crippen LogP contribution in [0.3, 0.4) is 0 Å². The van der Waals surface area contributed by atoms with Crippen molar-refractivity contribution in [1.82, 2.24) is 0 Å². The lowest BCUT2D eigenvalue weighted by atomic mass is 10.1. The van der Waals surface area contributed by atoms with Gasteiger partial charge >= 0.3 is 0 Å². The molecule has 0 heterocycles. The monoisotopic (exact) mass is 374 g/mol. The maximum Gasteiger partial charge on any atom is 0.0697 e. The third-order valence-electron chi connectivity index (χ3n) is 3.59. The smallest absolute Gasteiger partial charge is 0.0697 e. The highest BCUT2D eigenvalue weighted by molar-refractivity contribution is 8.76. The van der Waals surface area contributed by atoms with Gasteiger partial charge < -0.3 is 0 Å². The van der Waals surface area contributed by atoms with Crippen LogP contribution < -0.4 is 0 Å². The normalized spacial score (nSPS) is 11.9. The molecule has 4 nitrogen and oxygen atoms in total. The Morgan fingerprint density at radius 3 is 1.50 bits per heavy atom. The van der Waals surface area contributed by atoms with Gasteiger partial charge in [-0.1, -0.05) is 86.3 Å². The zero-order chi connectivity index (χ0) is 17.6. The van der Waals surface area contributed by atoms with E-state index in [9.17, 15) is 0 Å². The largest absolute Gasteiger partial charge is 0.194 e. The molecule has 0 fully saturated rings. The summed E-state index contributed by atoms with van der Waals surface area (Å²) >= 11 is 0. The average Bonchev–Trinajstić information content (AvgIpc) is 2.60. The first-order valence-corrected chi connectivity index (χ1v) is 12.3. The van der Waals surface area contributed by atoms with Crippen LogP contribution >= 0.6 is 21.6 Å². The summed E-state index contributed by atoms with van der Waals surface area (Å²) in [5.74, 6) is 2.07. The van der Waals surface area contributed by atoms with Crippen LogP contribution in [0.5, 0.6) is 0 Å². The van der Waals surface area contributed by atoms with Crippen LogP contribution in [-0.4, -0.2) is 37.7 Å². The van der Waals surface area contributed by atoms with E-state index < -0.39 is 0 Å². The average molecular weight is 375 g/mol. The molecule has 0 saturated carbocycles. The maximum atomic E-state index is 4.27. The molecule has 0 radical (unpaired) electrons. The van der Waals surface area contributed by atoms with E-state index >= 15 is 0 Å². The number of rotatable bonds is 19. The van der Waals surface area contributed by atoms with Crippen LogP contribution in [0.25, 0.3) is 0 Å². The van der Waals surface area contributed by atoms with Gasteiger partial charge in [0.25, 0.3) is 0 Å². The number of hydrogen-bond acceptors (Lipinski definition) is 6. The molecule has 142 valence electrons. The molecule has 0 unspecified atom stereocenters. The second-order valence-electron chi connectivity index (χ2n) is 5.88. The van der Waals surface area contributed by atoms with Crippen molar-refractivity contribution in [3.8, 4) is 0 Å². The molecule has 0 aliphatic carbocycles. The van der Waals surface area contributed by atoms with Crippen LogP contribution in [-0.2, 0) is 0 Å². The molecule has 0 rings (SSSR count). The number of azo groups is 2. The van der Waals surface area contributed by atoms with Crippen LogP contribution in [0.1, 0.15) is 78.1 Å². The first kappa shape index (κ1) is 23.9. The minimum absolute atomic E-state index is 0.789. The molecular formula is C18H38N4S2. The molecular weight excluding hydrogens is 336 g/mol. The Morgan fingerprint density at radius 2 is 0.958 bits per heavy atom. The van der Waals surface area contributed by atoms with Gasteiger partial charge in [-0.05, 0) is 13.3 Å². The predicted octanol–water partition coefficient (Wildman–Crippen LogP) is 7.21. The quantitative estimate of drug-likeness (QED) is 0.136. The Hall–Kier alpha value is -0.100. The molecule has 0 bridgehead atoms. The second-order valence-corrected chi connectivity index (χ2v) is 8.58. The van der Waals surface area contributed by atoms with E-state index in [0.717, 1.165) is 37.7 Å². The van der Waals surface area contributed by atoms with Crippen molar-refractivity contribution < 1.29 is 0 Å². The van der Waals surface area contributed by atoms with E-state index in [4.69, 9.17) is 0 Å². The van der Waals surface area contributed by atoms with Gasteiger partial charge in [-0.2, -0.15) is 20.5 Å². The van der Waals surface area contributed by atoms with Crippen molar-refractivity contribution in [1.29, 1.82) is 0 Å². The lowest BCUT2D eigenvalue weighted by Gasteiger charge is -2.01. The maximum absolute atomic E-state index is 4.27. The Balaban J connectivity index is 3.07. The fourth-order valence-electron chi connectivity index (χ4n) is 2.26. The van der Waals surface area contributed by atoms with Crippen molar-refractivity contribution in [2.45, 2.75) is 78.1 Å². The minimum atomic E-state index is 0.789. The molecule has 24 heavy (non-hydrogen) atoms. The topological polar surface area (TPSA) is 49.4 Å². The third-order valence-corrected chi connectivity index (χ3v) is 5.95. The molecule has 0 aliphatic rings. The van der Waals surface area contributed by atoms with Crippen LogP contribution in [0.15, 0.2) is 20.5 Å². The van der Waals surface area contributed by atoms with E-state index in [-0.39, 0.29) is 0 Å². The lowest BCUT2D eigenvalue weighted by Crippen LogP contribution is -1.87. The molecule has 0 amide bonds. The first-order valence-electron chi connectivity index (χ1n) is 9.82. The zero-order valence-corrected chi connectivity index (χ0v) is 17.6. The van der Waals surface area contributed by atoms with E-state index in [1.165, 1.54) is 64.2 Å². The van der Waals surface area contributed by atoms with Crippen LogP contribution in [0, 0.1) is 0 Å². The Kier molecular flexibility index (Phi) is 22.8. The van der Waals surface area contributed by atoms with E-state index in [1.54, 1.807) is 0 Å².